The zero-order valence-corrected chi connectivity index (χ0v) is 22.9. The summed E-state index contributed by atoms with van der Waals surface area (Å²) < 4.78 is 26.5. The SMILES string of the molecule is CC(C)(C)OC(=O)N1C(OCP(C)(C)=O)=C([Se]c2ccccc2)C[C@@H]1c1c[nH]c2c(=O)[nH]cnc12. The van der Waals surface area contributed by atoms with E-state index in [4.69, 9.17) is 9.47 Å². The minimum atomic E-state index is -2.54. The number of aromatic nitrogens is 3. The summed E-state index contributed by atoms with van der Waals surface area (Å²) in [6.45, 7) is 8.70. The van der Waals surface area contributed by atoms with E-state index in [2.05, 4.69) is 15.0 Å². The van der Waals surface area contributed by atoms with Crippen LogP contribution >= 0.6 is 7.14 Å². The van der Waals surface area contributed by atoms with E-state index in [1.54, 1.807) is 40.3 Å². The number of hydrogen-bond donors (Lipinski definition) is 2. The topological polar surface area (TPSA) is 117 Å². The van der Waals surface area contributed by atoms with Crippen LogP contribution in [-0.2, 0) is 14.0 Å². The van der Waals surface area contributed by atoms with Gasteiger partial charge in [0.25, 0.3) is 0 Å². The number of fused-ring (bicyclic) bond motifs is 1. The second kappa shape index (κ2) is 9.69. The molecule has 0 aliphatic carbocycles. The molecule has 0 spiro atoms. The summed E-state index contributed by atoms with van der Waals surface area (Å²) in [6, 6.07) is 9.46. The van der Waals surface area contributed by atoms with Gasteiger partial charge in [-0.15, -0.1) is 0 Å². The van der Waals surface area contributed by atoms with Crippen LogP contribution in [0, 0.1) is 0 Å². The zero-order chi connectivity index (χ0) is 25.4. The van der Waals surface area contributed by atoms with Crippen LogP contribution in [0.1, 0.15) is 38.8 Å². The molecule has 1 aliphatic rings. The molecule has 3 heterocycles. The van der Waals surface area contributed by atoms with Gasteiger partial charge in [-0.2, -0.15) is 0 Å². The van der Waals surface area contributed by atoms with E-state index < -0.39 is 24.9 Å². The van der Waals surface area contributed by atoms with Crippen LogP contribution in [0.25, 0.3) is 11.0 Å². The van der Waals surface area contributed by atoms with Crippen molar-refractivity contribution in [3.63, 3.8) is 0 Å². The number of carbonyl (C=O) groups excluding carboxylic acids is 1. The van der Waals surface area contributed by atoms with Crippen molar-refractivity contribution < 1.29 is 18.8 Å². The molecule has 2 aromatic heterocycles. The molecule has 0 unspecified atom stereocenters. The molecule has 0 saturated heterocycles. The number of ether oxygens (including phenoxy) is 2. The van der Waals surface area contributed by atoms with Crippen molar-refractivity contribution in [2.75, 3.05) is 19.7 Å². The number of nitrogens with zero attached hydrogens (tertiary/aromatic N) is 2. The van der Waals surface area contributed by atoms with Crippen LogP contribution in [0.15, 0.2) is 58.0 Å². The van der Waals surface area contributed by atoms with Crippen LogP contribution < -0.4 is 10.0 Å². The number of amides is 1. The first-order valence-corrected chi connectivity index (χ1v) is 15.6. The number of H-pyrrole nitrogens is 2. The van der Waals surface area contributed by atoms with Gasteiger partial charge in [0.2, 0.25) is 0 Å². The summed E-state index contributed by atoms with van der Waals surface area (Å²) in [5, 5.41) is 0. The van der Waals surface area contributed by atoms with Crippen LogP contribution in [-0.4, -0.2) is 66.2 Å². The van der Waals surface area contributed by atoms with E-state index >= 15 is 0 Å². The third kappa shape index (κ3) is 5.89. The third-order valence-electron chi connectivity index (χ3n) is 5.09. The van der Waals surface area contributed by atoms with E-state index in [-0.39, 0.29) is 26.9 Å². The Morgan fingerprint density at radius 2 is 1.94 bits per heavy atom. The Labute approximate surface area is 209 Å². The molecule has 0 fully saturated rings. The number of carbonyl (C=O) groups is 1. The van der Waals surface area contributed by atoms with Crippen LogP contribution in [0.5, 0.6) is 0 Å². The van der Waals surface area contributed by atoms with Gasteiger partial charge in [-0.05, 0) is 0 Å². The van der Waals surface area contributed by atoms with E-state index in [9.17, 15) is 14.2 Å². The van der Waals surface area contributed by atoms with Crippen molar-refractivity contribution >= 4 is 43.7 Å². The van der Waals surface area contributed by atoms with Crippen LogP contribution in [0.2, 0.25) is 0 Å². The molecular weight excluding hydrogens is 534 g/mol. The van der Waals surface area contributed by atoms with Crippen molar-refractivity contribution in [1.29, 1.82) is 0 Å². The second-order valence-corrected chi connectivity index (χ2v) is 15.6. The molecule has 3 aromatic rings. The molecule has 1 amide bonds. The predicted octanol–water partition coefficient (Wildman–Crippen LogP) is 3.73. The number of aromatic amines is 2. The number of nitrogens with one attached hydrogen (secondary N) is 2. The average Bonchev–Trinajstić information content (AvgIpc) is 3.33. The Hall–Kier alpha value is -2.80. The summed E-state index contributed by atoms with van der Waals surface area (Å²) in [5.74, 6) is 0.371. The Morgan fingerprint density at radius 3 is 2.60 bits per heavy atom. The first kappa shape index (κ1) is 25.3. The summed E-state index contributed by atoms with van der Waals surface area (Å²) >= 11 is -0.159. The fourth-order valence-electron chi connectivity index (χ4n) is 3.71. The summed E-state index contributed by atoms with van der Waals surface area (Å²) in [6.07, 6.45) is 2.95. The van der Waals surface area contributed by atoms with Crippen molar-refractivity contribution in [1.82, 2.24) is 19.9 Å². The van der Waals surface area contributed by atoms with E-state index in [0.717, 1.165) is 8.93 Å². The van der Waals surface area contributed by atoms with Gasteiger partial charge in [-0.1, -0.05) is 0 Å². The molecule has 9 nitrogen and oxygen atoms in total. The fraction of sp³-hybridized carbons (Fsp3) is 0.375. The molecule has 35 heavy (non-hydrogen) atoms. The normalized spacial score (nSPS) is 16.7. The monoisotopic (exact) mass is 564 g/mol. The maximum atomic E-state index is 13.5. The van der Waals surface area contributed by atoms with Gasteiger partial charge in [-0.25, -0.2) is 0 Å². The van der Waals surface area contributed by atoms with Crippen molar-refractivity contribution in [2.24, 2.45) is 0 Å². The van der Waals surface area contributed by atoms with E-state index in [0.29, 0.717) is 28.9 Å². The van der Waals surface area contributed by atoms with Crippen LogP contribution in [0.4, 0.5) is 4.79 Å². The van der Waals surface area contributed by atoms with E-state index in [1.165, 1.54) is 11.2 Å². The Bertz CT molecular complexity index is 1370. The van der Waals surface area contributed by atoms with Gasteiger partial charge in [0.05, 0.1) is 0 Å². The Kier molecular flexibility index (Phi) is 7.00. The van der Waals surface area contributed by atoms with Gasteiger partial charge in [0.15, 0.2) is 0 Å². The summed E-state index contributed by atoms with van der Waals surface area (Å²) in [5.41, 5.74) is 0.479. The maximum absolute atomic E-state index is 13.5. The molecular formula is C24H29N4O5PSe. The molecule has 0 saturated carbocycles. The summed E-state index contributed by atoms with van der Waals surface area (Å²) in [7, 11) is -2.54. The van der Waals surface area contributed by atoms with Crippen molar-refractivity contribution in [3.8, 4) is 0 Å². The van der Waals surface area contributed by atoms with Gasteiger partial charge in [0, 0.05) is 0 Å². The standard InChI is InChI=1S/C24H29N4O5PSe/c1-24(2,3)33-23(30)28-17(16-12-25-20-19(16)26-13-27-21(20)29)11-18(22(28)32-14-34(4,5)31)35-15-9-7-6-8-10-15/h6-10,12-13,17,25H,11,14H2,1-5H3,(H,26,27,29)/t17-/m1/s1. The summed E-state index contributed by atoms with van der Waals surface area (Å²) in [4.78, 5) is 37.2. The predicted molar refractivity (Wildman–Crippen MR) is 136 cm³/mol. The Morgan fingerprint density at radius 1 is 1.23 bits per heavy atom. The number of benzene rings is 1. The quantitative estimate of drug-likeness (QED) is 0.349. The Balaban J connectivity index is 1.82. The molecule has 0 radical (unpaired) electrons. The van der Waals surface area contributed by atoms with E-state index in [1.807, 2.05) is 30.3 Å². The van der Waals surface area contributed by atoms with Crippen LogP contribution in [0.3, 0.4) is 0 Å². The molecule has 1 atom stereocenters. The molecule has 0 bridgehead atoms. The fourth-order valence-corrected chi connectivity index (χ4v) is 6.37. The number of rotatable bonds is 6. The molecule has 186 valence electrons. The first-order valence-electron chi connectivity index (χ1n) is 11.1. The number of hydrogen-bond acceptors (Lipinski definition) is 6. The molecule has 1 aromatic carbocycles. The second-order valence-electron chi connectivity index (χ2n) is 9.76. The minimum absolute atomic E-state index is 0.00543. The van der Waals surface area contributed by atoms with Gasteiger partial charge in [-0.3, -0.25) is 0 Å². The van der Waals surface area contributed by atoms with Gasteiger partial charge in [0.1, 0.15) is 0 Å². The first-order chi connectivity index (χ1) is 16.4. The molecule has 1 aliphatic heterocycles. The van der Waals surface area contributed by atoms with Gasteiger partial charge >= 0.3 is 210 Å². The average molecular weight is 563 g/mol. The third-order valence-corrected chi connectivity index (χ3v) is 8.14. The molecule has 2 N–H and O–H groups in total. The molecule has 11 heteroatoms. The van der Waals surface area contributed by atoms with Crippen molar-refractivity contribution in [2.45, 2.75) is 38.8 Å². The van der Waals surface area contributed by atoms with Crippen molar-refractivity contribution in [3.05, 3.63) is 69.1 Å². The van der Waals surface area contributed by atoms with Gasteiger partial charge < -0.3 is 0 Å². The molecule has 4 rings (SSSR count). The zero-order valence-electron chi connectivity index (χ0n) is 20.3.